The number of benzene rings is 1. The van der Waals surface area contributed by atoms with Crippen LogP contribution in [0.25, 0.3) is 5.57 Å². The first-order valence-corrected chi connectivity index (χ1v) is 5.03. The van der Waals surface area contributed by atoms with E-state index in [4.69, 9.17) is 23.2 Å². The van der Waals surface area contributed by atoms with Crippen LogP contribution in [0.5, 0.6) is 0 Å². The molecule has 1 radical (unpaired) electrons. The quantitative estimate of drug-likeness (QED) is 0.670. The molecule has 0 atom stereocenters. The molecule has 1 nitrogen and oxygen atoms in total. The van der Waals surface area contributed by atoms with Crippen LogP contribution in [0.15, 0.2) is 18.2 Å². The lowest BCUT2D eigenvalue weighted by atomic mass is 10.1. The molecule has 1 aromatic carbocycles. The minimum absolute atomic E-state index is 0.604. The Bertz CT molecular complexity index is 422. The van der Waals surface area contributed by atoms with Crippen molar-refractivity contribution in [2.75, 3.05) is 0 Å². The van der Waals surface area contributed by atoms with E-state index >= 15 is 0 Å². The van der Waals surface area contributed by atoms with Crippen molar-refractivity contribution in [1.29, 1.82) is 0 Å². The number of hydrogen-bond acceptors (Lipinski definition) is 1. The molecular weight excluding hydrogens is 219 g/mol. The lowest BCUT2D eigenvalue weighted by molar-refractivity contribution is 0.564. The van der Waals surface area contributed by atoms with Gasteiger partial charge in [0, 0.05) is 10.0 Å². The first-order chi connectivity index (χ1) is 6.72. The number of fused-ring (bicyclic) bond motifs is 1. The van der Waals surface area contributed by atoms with Crippen LogP contribution in [0.3, 0.4) is 0 Å². The number of hydrogen-bond donors (Lipinski definition) is 0. The zero-order chi connectivity index (χ0) is 10.1. The molecule has 0 aliphatic heterocycles. The molecule has 0 saturated heterocycles. The van der Waals surface area contributed by atoms with E-state index in [0.29, 0.717) is 10.0 Å². The number of rotatable bonds is 1. The third-order valence-corrected chi connectivity index (χ3v) is 2.94. The van der Waals surface area contributed by atoms with Crippen molar-refractivity contribution in [2.45, 2.75) is 12.8 Å². The van der Waals surface area contributed by atoms with Gasteiger partial charge < -0.3 is 0 Å². The fourth-order valence-electron chi connectivity index (χ4n) is 1.76. The highest BCUT2D eigenvalue weighted by molar-refractivity contribution is 6.35. The van der Waals surface area contributed by atoms with Gasteiger partial charge in [-0.15, -0.1) is 0 Å². The molecule has 0 fully saturated rings. The molecule has 1 aliphatic carbocycles. The van der Waals surface area contributed by atoms with E-state index in [0.717, 1.165) is 29.5 Å². The third-order valence-electron chi connectivity index (χ3n) is 2.38. The lowest BCUT2D eigenvalue weighted by Crippen LogP contribution is -1.83. The highest BCUT2D eigenvalue weighted by atomic mass is 35.5. The van der Waals surface area contributed by atoms with E-state index in [1.165, 1.54) is 6.08 Å². The molecule has 14 heavy (non-hydrogen) atoms. The van der Waals surface area contributed by atoms with Crippen LogP contribution >= 0.6 is 23.2 Å². The van der Waals surface area contributed by atoms with Crippen LogP contribution in [0.2, 0.25) is 10.0 Å². The van der Waals surface area contributed by atoms with Crippen LogP contribution in [0, 0.1) is 0 Å². The summed E-state index contributed by atoms with van der Waals surface area (Å²) in [5, 5.41) is 1.29. The largest absolute Gasteiger partial charge is 0.286 e. The van der Waals surface area contributed by atoms with Crippen molar-refractivity contribution in [3.8, 4) is 0 Å². The van der Waals surface area contributed by atoms with Crippen molar-refractivity contribution < 1.29 is 4.79 Å². The third kappa shape index (κ3) is 1.58. The van der Waals surface area contributed by atoms with E-state index in [1.807, 2.05) is 6.07 Å². The van der Waals surface area contributed by atoms with Crippen LogP contribution < -0.4 is 0 Å². The fraction of sp³-hybridized carbons (Fsp3) is 0.182. The maximum Gasteiger partial charge on any atom is 0.226 e. The Hall–Kier alpha value is -0.790. The average molecular weight is 226 g/mol. The smallest absolute Gasteiger partial charge is 0.226 e. The van der Waals surface area contributed by atoms with Crippen LogP contribution in [-0.2, 0) is 11.2 Å². The van der Waals surface area contributed by atoms with Gasteiger partial charge >= 0.3 is 0 Å². The molecule has 2 rings (SSSR count). The van der Waals surface area contributed by atoms with Crippen molar-refractivity contribution >= 4 is 35.1 Å². The van der Waals surface area contributed by atoms with Gasteiger partial charge in [-0.25, -0.2) is 0 Å². The molecule has 3 heteroatoms. The zero-order valence-corrected chi connectivity index (χ0v) is 8.82. The first-order valence-electron chi connectivity index (χ1n) is 4.27. The van der Waals surface area contributed by atoms with Gasteiger partial charge in [-0.2, -0.15) is 0 Å². The molecule has 0 amide bonds. The predicted molar refractivity (Wildman–Crippen MR) is 58.5 cm³/mol. The van der Waals surface area contributed by atoms with Crippen molar-refractivity contribution in [3.63, 3.8) is 0 Å². The minimum atomic E-state index is 0.604. The van der Waals surface area contributed by atoms with E-state index in [9.17, 15) is 4.79 Å². The summed E-state index contributed by atoms with van der Waals surface area (Å²) >= 11 is 11.9. The zero-order valence-electron chi connectivity index (χ0n) is 7.31. The molecule has 71 valence electrons. The highest BCUT2D eigenvalue weighted by Crippen LogP contribution is 2.38. The molecule has 0 unspecified atom stereocenters. The normalized spacial score (nSPS) is 17.1. The van der Waals surface area contributed by atoms with Gasteiger partial charge in [0.05, 0.1) is 0 Å². The highest BCUT2D eigenvalue weighted by Gasteiger charge is 2.19. The number of carbonyl (C=O) groups excluding carboxylic acids is 1. The van der Waals surface area contributed by atoms with Gasteiger partial charge in [-0.3, -0.25) is 4.79 Å². The molecule has 1 aromatic rings. The minimum Gasteiger partial charge on any atom is -0.286 e. The summed E-state index contributed by atoms with van der Waals surface area (Å²) in [7, 11) is 0. The van der Waals surface area contributed by atoms with Gasteiger partial charge in [0.2, 0.25) is 6.29 Å². The summed E-state index contributed by atoms with van der Waals surface area (Å²) < 4.78 is 0. The van der Waals surface area contributed by atoms with Gasteiger partial charge in [0.15, 0.2) is 0 Å². The molecule has 0 aromatic heterocycles. The summed E-state index contributed by atoms with van der Waals surface area (Å²) in [5.41, 5.74) is 3.04. The molecule has 0 N–H and O–H groups in total. The summed E-state index contributed by atoms with van der Waals surface area (Å²) in [6.07, 6.45) is 4.96. The monoisotopic (exact) mass is 225 g/mol. The Balaban J connectivity index is 2.60. The van der Waals surface area contributed by atoms with Crippen LogP contribution in [0.4, 0.5) is 0 Å². The summed E-state index contributed by atoms with van der Waals surface area (Å²) in [6.45, 7) is 0. The Labute approximate surface area is 92.3 Å². The molecule has 1 aliphatic rings. The van der Waals surface area contributed by atoms with Crippen LogP contribution in [0.1, 0.15) is 17.5 Å². The van der Waals surface area contributed by atoms with E-state index in [2.05, 4.69) is 0 Å². The Morgan fingerprint density at radius 2 is 2.07 bits per heavy atom. The standard InChI is InChI=1S/C11H7Cl2O/c12-8-5-10-7(3-4-14)1-2-9(10)11(13)6-8/h3,5-6H,1-2H2/b7-3-. The summed E-state index contributed by atoms with van der Waals surface area (Å²) in [5.74, 6) is 0. The van der Waals surface area contributed by atoms with E-state index in [-0.39, 0.29) is 0 Å². The Kier molecular flexibility index (Phi) is 2.62. The second kappa shape index (κ2) is 3.76. The first kappa shape index (κ1) is 9.75. The molecular formula is C11H7Cl2O. The van der Waals surface area contributed by atoms with Gasteiger partial charge in [-0.1, -0.05) is 23.2 Å². The topological polar surface area (TPSA) is 17.1 Å². The SMILES string of the molecule is O=[C]/C=C1/CCc2c(Cl)cc(Cl)cc21. The Morgan fingerprint density at radius 3 is 2.79 bits per heavy atom. The maximum atomic E-state index is 10.3. The number of halogens is 2. The predicted octanol–water partition coefficient (Wildman–Crippen LogP) is 3.43. The number of allylic oxidation sites excluding steroid dienone is 2. The molecule has 0 saturated carbocycles. The Morgan fingerprint density at radius 1 is 1.29 bits per heavy atom. The maximum absolute atomic E-state index is 10.3. The summed E-state index contributed by atoms with van der Waals surface area (Å²) in [6, 6.07) is 3.58. The van der Waals surface area contributed by atoms with Crippen molar-refractivity contribution in [3.05, 3.63) is 39.4 Å². The van der Waals surface area contributed by atoms with E-state index in [1.54, 1.807) is 12.4 Å². The average Bonchev–Trinajstić information content (AvgIpc) is 2.49. The fourth-order valence-corrected chi connectivity index (χ4v) is 2.35. The second-order valence-corrected chi connectivity index (χ2v) is 4.04. The van der Waals surface area contributed by atoms with E-state index < -0.39 is 0 Å². The second-order valence-electron chi connectivity index (χ2n) is 3.20. The summed E-state index contributed by atoms with van der Waals surface area (Å²) in [4.78, 5) is 10.3. The lowest BCUT2D eigenvalue weighted by Gasteiger charge is -2.03. The van der Waals surface area contributed by atoms with Gasteiger partial charge in [-0.05, 0) is 47.8 Å². The van der Waals surface area contributed by atoms with Gasteiger partial charge in [0.1, 0.15) is 0 Å². The molecule has 0 spiro atoms. The van der Waals surface area contributed by atoms with Gasteiger partial charge in [0.25, 0.3) is 0 Å². The molecule has 0 heterocycles. The van der Waals surface area contributed by atoms with Crippen molar-refractivity contribution in [1.82, 2.24) is 0 Å². The molecule has 0 bridgehead atoms. The van der Waals surface area contributed by atoms with Crippen LogP contribution in [-0.4, -0.2) is 6.29 Å². The van der Waals surface area contributed by atoms with Crippen molar-refractivity contribution in [2.24, 2.45) is 0 Å².